The molecule has 0 aliphatic carbocycles. The zero-order valence-corrected chi connectivity index (χ0v) is 9.55. The molecule has 15 heavy (non-hydrogen) atoms. The van der Waals surface area contributed by atoms with Crippen LogP contribution >= 0.6 is 11.6 Å². The topological polar surface area (TPSA) is 54.4 Å². The summed E-state index contributed by atoms with van der Waals surface area (Å²) in [5.74, 6) is -0.384. The molecule has 5 heteroatoms. The highest BCUT2D eigenvalue weighted by Gasteiger charge is 2.05. The van der Waals surface area contributed by atoms with Crippen LogP contribution < -0.4 is 0 Å². The van der Waals surface area contributed by atoms with E-state index in [1.165, 1.54) is 0 Å². The molecule has 0 fully saturated rings. The Balaban J connectivity index is 2.48. The van der Waals surface area contributed by atoms with E-state index in [0.29, 0.717) is 10.8 Å². The number of hydrogen-bond acceptors (Lipinski definition) is 2. The molecular weight excluding hydrogens is 236 g/mol. The third kappa shape index (κ3) is 4.95. The second-order valence-electron chi connectivity index (χ2n) is 3.06. The summed E-state index contributed by atoms with van der Waals surface area (Å²) in [4.78, 5) is 10.3. The van der Waals surface area contributed by atoms with Gasteiger partial charge < -0.3 is 5.11 Å². The molecule has 0 radical (unpaired) electrons. The predicted octanol–water partition coefficient (Wildman–Crippen LogP) is 2.06. The van der Waals surface area contributed by atoms with Crippen LogP contribution in [0.2, 0.25) is 5.02 Å². The van der Waals surface area contributed by atoms with Gasteiger partial charge in [0.1, 0.15) is 0 Å². The molecular formula is C10H11ClO3S. The highest BCUT2D eigenvalue weighted by molar-refractivity contribution is 7.84. The molecule has 82 valence electrons. The van der Waals surface area contributed by atoms with Crippen LogP contribution in [0.5, 0.6) is 0 Å². The summed E-state index contributed by atoms with van der Waals surface area (Å²) in [5, 5.41) is 9.02. The van der Waals surface area contributed by atoms with Gasteiger partial charge in [-0.3, -0.25) is 9.00 Å². The zero-order valence-electron chi connectivity index (χ0n) is 7.98. The molecule has 0 aliphatic rings. The molecule has 0 saturated heterocycles. The smallest absolute Gasteiger partial charge is 0.304 e. The Morgan fingerprint density at radius 1 is 1.47 bits per heavy atom. The maximum atomic E-state index is 11.4. The summed E-state index contributed by atoms with van der Waals surface area (Å²) in [5.41, 5.74) is 0.867. The van der Waals surface area contributed by atoms with E-state index in [1.807, 2.05) is 6.07 Å². The first-order chi connectivity index (χ1) is 7.08. The summed E-state index contributed by atoms with van der Waals surface area (Å²) in [6, 6.07) is 7.09. The van der Waals surface area contributed by atoms with Gasteiger partial charge in [0.25, 0.3) is 0 Å². The SMILES string of the molecule is O=C(O)CCS(=O)Cc1cccc(Cl)c1. The molecule has 1 atom stereocenters. The van der Waals surface area contributed by atoms with Gasteiger partial charge in [-0.05, 0) is 17.7 Å². The number of aliphatic carboxylic acids is 1. The van der Waals surface area contributed by atoms with Crippen molar-refractivity contribution in [2.45, 2.75) is 12.2 Å². The lowest BCUT2D eigenvalue weighted by Gasteiger charge is -2.01. The number of carbonyl (C=O) groups is 1. The first kappa shape index (κ1) is 12.2. The van der Waals surface area contributed by atoms with Gasteiger partial charge in [-0.2, -0.15) is 0 Å². The van der Waals surface area contributed by atoms with Gasteiger partial charge in [-0.1, -0.05) is 23.7 Å². The number of benzene rings is 1. The number of halogens is 1. The summed E-state index contributed by atoms with van der Waals surface area (Å²) >= 11 is 5.76. The number of rotatable bonds is 5. The van der Waals surface area contributed by atoms with Crippen molar-refractivity contribution in [2.75, 3.05) is 5.75 Å². The van der Waals surface area contributed by atoms with Gasteiger partial charge in [0.2, 0.25) is 0 Å². The molecule has 1 aromatic rings. The van der Waals surface area contributed by atoms with Crippen molar-refractivity contribution < 1.29 is 14.1 Å². The van der Waals surface area contributed by atoms with Crippen molar-refractivity contribution in [1.29, 1.82) is 0 Å². The van der Waals surface area contributed by atoms with Gasteiger partial charge >= 0.3 is 5.97 Å². The Labute approximate surface area is 95.5 Å². The van der Waals surface area contributed by atoms with Crippen LogP contribution in [-0.4, -0.2) is 21.0 Å². The Morgan fingerprint density at radius 3 is 2.80 bits per heavy atom. The molecule has 0 spiro atoms. The van der Waals surface area contributed by atoms with Crippen molar-refractivity contribution in [3.8, 4) is 0 Å². The van der Waals surface area contributed by atoms with E-state index in [-0.39, 0.29) is 12.2 Å². The standard InChI is InChI=1S/C10H11ClO3S/c11-9-3-1-2-8(6-9)7-15(14)5-4-10(12)13/h1-3,6H,4-5,7H2,(H,12,13). The minimum absolute atomic E-state index is 0.0623. The molecule has 0 aromatic heterocycles. The first-order valence-electron chi connectivity index (χ1n) is 4.39. The minimum Gasteiger partial charge on any atom is -0.481 e. The van der Waals surface area contributed by atoms with Gasteiger partial charge in [0.05, 0.1) is 6.42 Å². The maximum absolute atomic E-state index is 11.4. The maximum Gasteiger partial charge on any atom is 0.304 e. The van der Waals surface area contributed by atoms with Crippen molar-refractivity contribution >= 4 is 28.4 Å². The van der Waals surface area contributed by atoms with E-state index in [1.54, 1.807) is 18.2 Å². The van der Waals surface area contributed by atoms with Gasteiger partial charge in [0, 0.05) is 27.3 Å². The highest BCUT2D eigenvalue weighted by Crippen LogP contribution is 2.12. The third-order valence-electron chi connectivity index (χ3n) is 1.76. The fraction of sp³-hybridized carbons (Fsp3) is 0.300. The van der Waals surface area contributed by atoms with Crippen LogP contribution in [0, 0.1) is 0 Å². The van der Waals surface area contributed by atoms with Crippen molar-refractivity contribution in [2.24, 2.45) is 0 Å². The summed E-state index contributed by atoms with van der Waals surface area (Å²) in [6.45, 7) is 0. The van der Waals surface area contributed by atoms with E-state index in [9.17, 15) is 9.00 Å². The molecule has 1 rings (SSSR count). The van der Waals surface area contributed by atoms with Crippen LogP contribution in [0.4, 0.5) is 0 Å². The third-order valence-corrected chi connectivity index (χ3v) is 3.31. The highest BCUT2D eigenvalue weighted by atomic mass is 35.5. The van der Waals surface area contributed by atoms with E-state index in [2.05, 4.69) is 0 Å². The van der Waals surface area contributed by atoms with Crippen LogP contribution in [0.1, 0.15) is 12.0 Å². The minimum atomic E-state index is -1.14. The first-order valence-corrected chi connectivity index (χ1v) is 6.26. The second kappa shape index (κ2) is 5.88. The normalized spacial score (nSPS) is 12.3. The zero-order chi connectivity index (χ0) is 11.3. The molecule has 0 saturated carbocycles. The average Bonchev–Trinajstić information content (AvgIpc) is 2.15. The second-order valence-corrected chi connectivity index (χ2v) is 5.07. The molecule has 0 bridgehead atoms. The van der Waals surface area contributed by atoms with Crippen LogP contribution in [0.15, 0.2) is 24.3 Å². The van der Waals surface area contributed by atoms with E-state index < -0.39 is 16.8 Å². The Kier molecular flexibility index (Phi) is 4.78. The fourth-order valence-corrected chi connectivity index (χ4v) is 2.40. The van der Waals surface area contributed by atoms with Crippen molar-refractivity contribution in [1.82, 2.24) is 0 Å². The summed E-state index contributed by atoms with van der Waals surface area (Å²) < 4.78 is 11.4. The van der Waals surface area contributed by atoms with E-state index >= 15 is 0 Å². The average molecular weight is 247 g/mol. The Morgan fingerprint density at radius 2 is 2.20 bits per heavy atom. The van der Waals surface area contributed by atoms with Crippen LogP contribution in [0.3, 0.4) is 0 Å². The molecule has 0 aliphatic heterocycles. The van der Waals surface area contributed by atoms with Gasteiger partial charge in [-0.25, -0.2) is 0 Å². The number of carboxylic acids is 1. The molecule has 3 nitrogen and oxygen atoms in total. The molecule has 0 amide bonds. The monoisotopic (exact) mass is 246 g/mol. The quantitative estimate of drug-likeness (QED) is 0.865. The fourth-order valence-electron chi connectivity index (χ4n) is 1.09. The van der Waals surface area contributed by atoms with E-state index in [4.69, 9.17) is 16.7 Å². The Hall–Kier alpha value is -0.870. The van der Waals surface area contributed by atoms with Crippen LogP contribution in [0.25, 0.3) is 0 Å². The molecule has 1 N–H and O–H groups in total. The molecule has 1 unspecified atom stereocenters. The van der Waals surface area contributed by atoms with Gasteiger partial charge in [0.15, 0.2) is 0 Å². The Bertz CT molecular complexity index is 379. The molecule has 1 aromatic carbocycles. The lowest BCUT2D eigenvalue weighted by atomic mass is 10.2. The van der Waals surface area contributed by atoms with Gasteiger partial charge in [-0.15, -0.1) is 0 Å². The molecule has 0 heterocycles. The summed E-state index contributed by atoms with van der Waals surface area (Å²) in [6.07, 6.45) is -0.0623. The van der Waals surface area contributed by atoms with E-state index in [0.717, 1.165) is 5.56 Å². The van der Waals surface area contributed by atoms with Crippen molar-refractivity contribution in [3.05, 3.63) is 34.9 Å². The lowest BCUT2D eigenvalue weighted by molar-refractivity contribution is -0.136. The number of hydrogen-bond donors (Lipinski definition) is 1. The lowest BCUT2D eigenvalue weighted by Crippen LogP contribution is -2.06. The van der Waals surface area contributed by atoms with Crippen LogP contribution in [-0.2, 0) is 21.3 Å². The van der Waals surface area contributed by atoms with Crippen molar-refractivity contribution in [3.63, 3.8) is 0 Å². The largest absolute Gasteiger partial charge is 0.481 e. The summed E-state index contributed by atoms with van der Waals surface area (Å²) in [7, 11) is -1.14. The number of carboxylic acid groups (broad SMARTS) is 1. The predicted molar refractivity (Wildman–Crippen MR) is 60.4 cm³/mol.